The fraction of sp³-hybridized carbons (Fsp3) is 0.100. The molecular formula is C10H8BrNO2. The Morgan fingerprint density at radius 3 is 2.93 bits per heavy atom. The zero-order valence-electron chi connectivity index (χ0n) is 7.25. The van der Waals surface area contributed by atoms with E-state index >= 15 is 0 Å². The first-order valence-electron chi connectivity index (χ1n) is 3.85. The predicted octanol–water partition coefficient (Wildman–Crippen LogP) is 2.19. The number of aromatic carboxylic acids is 1. The summed E-state index contributed by atoms with van der Waals surface area (Å²) < 4.78 is 0.723. The van der Waals surface area contributed by atoms with Crippen LogP contribution in [0.1, 0.15) is 10.4 Å². The van der Waals surface area contributed by atoms with E-state index in [0.29, 0.717) is 12.2 Å². The third-order valence-corrected chi connectivity index (χ3v) is 2.09. The number of hydrogen-bond donors (Lipinski definition) is 2. The number of benzene rings is 1. The molecule has 0 radical (unpaired) electrons. The van der Waals surface area contributed by atoms with Crippen molar-refractivity contribution in [1.82, 2.24) is 0 Å². The Labute approximate surface area is 90.3 Å². The van der Waals surface area contributed by atoms with Crippen molar-refractivity contribution < 1.29 is 9.90 Å². The summed E-state index contributed by atoms with van der Waals surface area (Å²) >= 11 is 3.20. The number of nitrogens with one attached hydrogen (secondary N) is 1. The number of rotatable bonds is 3. The Kier molecular flexibility index (Phi) is 3.55. The van der Waals surface area contributed by atoms with Crippen LogP contribution in [0.4, 0.5) is 5.69 Å². The Morgan fingerprint density at radius 2 is 2.36 bits per heavy atom. The molecule has 0 spiro atoms. The number of hydrogen-bond acceptors (Lipinski definition) is 2. The third kappa shape index (κ3) is 2.51. The molecule has 0 aliphatic rings. The molecule has 0 atom stereocenters. The van der Waals surface area contributed by atoms with Crippen LogP contribution in [0, 0.1) is 12.3 Å². The maximum Gasteiger partial charge on any atom is 0.337 e. The highest BCUT2D eigenvalue weighted by Crippen LogP contribution is 2.20. The van der Waals surface area contributed by atoms with E-state index in [1.165, 1.54) is 6.07 Å². The SMILES string of the molecule is C#CCNc1ccc(Br)cc1C(=O)O. The second-order valence-corrected chi connectivity index (χ2v) is 3.47. The number of carboxylic acid groups (broad SMARTS) is 1. The van der Waals surface area contributed by atoms with E-state index < -0.39 is 5.97 Å². The summed E-state index contributed by atoms with van der Waals surface area (Å²) in [5.41, 5.74) is 0.730. The van der Waals surface area contributed by atoms with Crippen molar-refractivity contribution in [2.24, 2.45) is 0 Å². The van der Waals surface area contributed by atoms with Crippen LogP contribution in [0.2, 0.25) is 0 Å². The Hall–Kier alpha value is -1.47. The van der Waals surface area contributed by atoms with Crippen LogP contribution in [0.5, 0.6) is 0 Å². The van der Waals surface area contributed by atoms with Gasteiger partial charge in [-0.15, -0.1) is 6.42 Å². The van der Waals surface area contributed by atoms with Crippen LogP contribution in [0.25, 0.3) is 0 Å². The summed E-state index contributed by atoms with van der Waals surface area (Å²) in [5, 5.41) is 11.7. The number of carbonyl (C=O) groups is 1. The van der Waals surface area contributed by atoms with Crippen molar-refractivity contribution in [2.75, 3.05) is 11.9 Å². The lowest BCUT2D eigenvalue weighted by Crippen LogP contribution is -2.06. The van der Waals surface area contributed by atoms with Crippen LogP contribution in [0.3, 0.4) is 0 Å². The van der Waals surface area contributed by atoms with Gasteiger partial charge in [-0.25, -0.2) is 4.79 Å². The molecule has 0 aliphatic carbocycles. The molecule has 1 rings (SSSR count). The quantitative estimate of drug-likeness (QED) is 0.813. The highest BCUT2D eigenvalue weighted by Gasteiger charge is 2.09. The normalized spacial score (nSPS) is 9.14. The summed E-state index contributed by atoms with van der Waals surface area (Å²) in [6, 6.07) is 4.96. The second kappa shape index (κ2) is 4.68. The van der Waals surface area contributed by atoms with Crippen molar-refractivity contribution in [3.63, 3.8) is 0 Å². The molecule has 0 heterocycles. The maximum atomic E-state index is 10.8. The van der Waals surface area contributed by atoms with Crippen molar-refractivity contribution in [3.8, 4) is 12.3 Å². The van der Waals surface area contributed by atoms with Crippen LogP contribution >= 0.6 is 15.9 Å². The average Bonchev–Trinajstić information content (AvgIpc) is 2.15. The minimum absolute atomic E-state index is 0.203. The zero-order valence-corrected chi connectivity index (χ0v) is 8.84. The highest BCUT2D eigenvalue weighted by atomic mass is 79.9. The van der Waals surface area contributed by atoms with E-state index in [9.17, 15) is 4.79 Å². The van der Waals surface area contributed by atoms with Crippen molar-refractivity contribution in [1.29, 1.82) is 0 Å². The monoisotopic (exact) mass is 253 g/mol. The Bertz CT molecular complexity index is 396. The summed E-state index contributed by atoms with van der Waals surface area (Å²) in [6.45, 7) is 0.307. The minimum Gasteiger partial charge on any atom is -0.478 e. The summed E-state index contributed by atoms with van der Waals surface area (Å²) in [6.07, 6.45) is 5.06. The summed E-state index contributed by atoms with van der Waals surface area (Å²) in [5.74, 6) is 1.40. The fourth-order valence-electron chi connectivity index (χ4n) is 0.994. The molecular weight excluding hydrogens is 246 g/mol. The molecule has 0 unspecified atom stereocenters. The van der Waals surface area contributed by atoms with Crippen LogP contribution in [0.15, 0.2) is 22.7 Å². The lowest BCUT2D eigenvalue weighted by atomic mass is 10.2. The van der Waals surface area contributed by atoms with Gasteiger partial charge in [-0.2, -0.15) is 0 Å². The molecule has 0 aromatic heterocycles. The Morgan fingerprint density at radius 1 is 1.64 bits per heavy atom. The van der Waals surface area contributed by atoms with Crippen LogP contribution < -0.4 is 5.32 Å². The predicted molar refractivity (Wildman–Crippen MR) is 58.4 cm³/mol. The molecule has 0 saturated carbocycles. The molecule has 3 nitrogen and oxygen atoms in total. The summed E-state index contributed by atoms with van der Waals surface area (Å²) in [7, 11) is 0. The first kappa shape index (κ1) is 10.6. The topological polar surface area (TPSA) is 49.3 Å². The first-order valence-corrected chi connectivity index (χ1v) is 4.64. The van der Waals surface area contributed by atoms with Gasteiger partial charge < -0.3 is 10.4 Å². The van der Waals surface area contributed by atoms with E-state index in [2.05, 4.69) is 27.2 Å². The number of halogens is 1. The molecule has 0 aliphatic heterocycles. The van der Waals surface area contributed by atoms with Crippen LogP contribution in [-0.2, 0) is 0 Å². The summed E-state index contributed by atoms with van der Waals surface area (Å²) in [4.78, 5) is 10.8. The molecule has 0 fully saturated rings. The van der Waals surface area contributed by atoms with E-state index in [1.54, 1.807) is 12.1 Å². The lowest BCUT2D eigenvalue weighted by Gasteiger charge is -2.06. The molecule has 4 heteroatoms. The van der Waals surface area contributed by atoms with E-state index in [0.717, 1.165) is 4.47 Å². The van der Waals surface area contributed by atoms with Crippen molar-refractivity contribution in [3.05, 3.63) is 28.2 Å². The minimum atomic E-state index is -0.981. The Balaban J connectivity index is 3.03. The number of anilines is 1. The average molecular weight is 254 g/mol. The molecule has 2 N–H and O–H groups in total. The van der Waals surface area contributed by atoms with Gasteiger partial charge in [-0.1, -0.05) is 21.9 Å². The number of terminal acetylenes is 1. The van der Waals surface area contributed by atoms with Crippen molar-refractivity contribution in [2.45, 2.75) is 0 Å². The molecule has 0 bridgehead atoms. The van der Waals surface area contributed by atoms with Gasteiger partial charge in [0.05, 0.1) is 12.1 Å². The smallest absolute Gasteiger partial charge is 0.337 e. The van der Waals surface area contributed by atoms with Gasteiger partial charge in [0.15, 0.2) is 0 Å². The van der Waals surface area contributed by atoms with Gasteiger partial charge in [0.2, 0.25) is 0 Å². The third-order valence-electron chi connectivity index (χ3n) is 1.59. The second-order valence-electron chi connectivity index (χ2n) is 2.55. The van der Waals surface area contributed by atoms with Gasteiger partial charge in [0.1, 0.15) is 0 Å². The van der Waals surface area contributed by atoms with Gasteiger partial charge in [-0.3, -0.25) is 0 Å². The van der Waals surface area contributed by atoms with Gasteiger partial charge >= 0.3 is 5.97 Å². The van der Waals surface area contributed by atoms with E-state index in [1.807, 2.05) is 0 Å². The maximum absolute atomic E-state index is 10.8. The lowest BCUT2D eigenvalue weighted by molar-refractivity contribution is 0.0698. The fourth-order valence-corrected chi connectivity index (χ4v) is 1.35. The van der Waals surface area contributed by atoms with E-state index in [-0.39, 0.29) is 5.56 Å². The molecule has 0 amide bonds. The highest BCUT2D eigenvalue weighted by molar-refractivity contribution is 9.10. The van der Waals surface area contributed by atoms with Crippen molar-refractivity contribution >= 4 is 27.6 Å². The molecule has 0 saturated heterocycles. The molecule has 14 heavy (non-hydrogen) atoms. The largest absolute Gasteiger partial charge is 0.478 e. The molecule has 1 aromatic carbocycles. The first-order chi connectivity index (χ1) is 6.65. The van der Waals surface area contributed by atoms with Crippen LogP contribution in [-0.4, -0.2) is 17.6 Å². The molecule has 1 aromatic rings. The zero-order chi connectivity index (χ0) is 10.6. The van der Waals surface area contributed by atoms with E-state index in [4.69, 9.17) is 11.5 Å². The van der Waals surface area contributed by atoms with Gasteiger partial charge in [0, 0.05) is 10.2 Å². The molecule has 72 valence electrons. The van der Waals surface area contributed by atoms with Gasteiger partial charge in [0.25, 0.3) is 0 Å². The number of carboxylic acids is 1. The standard InChI is InChI=1S/C10H8BrNO2/c1-2-5-12-9-4-3-7(11)6-8(9)10(13)14/h1,3-4,6,12H,5H2,(H,13,14). The van der Waals surface area contributed by atoms with Gasteiger partial charge in [-0.05, 0) is 18.2 Å².